The number of hydrogen-bond donors (Lipinski definition) is 0. The van der Waals surface area contributed by atoms with Crippen LogP contribution in [0.25, 0.3) is 0 Å². The predicted molar refractivity (Wildman–Crippen MR) is 90.3 cm³/mol. The zero-order valence-electron chi connectivity index (χ0n) is 14.3. The third-order valence-electron chi connectivity index (χ3n) is 6.63. The van der Waals surface area contributed by atoms with Crippen molar-refractivity contribution >= 4 is 12.6 Å². The van der Waals surface area contributed by atoms with Gasteiger partial charge >= 0.3 is 7.12 Å². The Bertz CT molecular complexity index is 547. The molecular weight excluding hydrogens is 271 g/mol. The molecular formula is C19H27BO2. The van der Waals surface area contributed by atoms with Gasteiger partial charge in [-0.05, 0) is 75.7 Å². The second-order valence-corrected chi connectivity index (χ2v) is 8.54. The van der Waals surface area contributed by atoms with E-state index >= 15 is 0 Å². The molecule has 0 N–H and O–H groups in total. The first-order valence-electron chi connectivity index (χ1n) is 8.81. The lowest BCUT2D eigenvalue weighted by molar-refractivity contribution is 0.00578. The number of benzene rings is 1. The highest BCUT2D eigenvalue weighted by Crippen LogP contribution is 2.52. The maximum atomic E-state index is 6.14. The van der Waals surface area contributed by atoms with E-state index in [1.165, 1.54) is 31.2 Å². The summed E-state index contributed by atoms with van der Waals surface area (Å²) in [5.74, 6) is 2.73. The Balaban J connectivity index is 1.51. The van der Waals surface area contributed by atoms with Crippen molar-refractivity contribution in [3.63, 3.8) is 0 Å². The molecule has 1 heterocycles. The Morgan fingerprint density at radius 2 is 1.55 bits per heavy atom. The molecule has 118 valence electrons. The highest BCUT2D eigenvalue weighted by atomic mass is 16.7. The molecule has 0 aromatic heterocycles. The number of fused-ring (bicyclic) bond motifs is 2. The lowest BCUT2D eigenvalue weighted by atomic mass is 9.77. The molecule has 2 saturated carbocycles. The van der Waals surface area contributed by atoms with Gasteiger partial charge in [0.1, 0.15) is 0 Å². The lowest BCUT2D eigenvalue weighted by Gasteiger charge is -2.32. The first kappa shape index (κ1) is 14.8. The number of rotatable bonds is 2. The highest BCUT2D eigenvalue weighted by Gasteiger charge is 2.51. The minimum Gasteiger partial charge on any atom is -0.399 e. The summed E-state index contributed by atoms with van der Waals surface area (Å²) < 4.78 is 12.3. The molecule has 3 aliphatic rings. The van der Waals surface area contributed by atoms with E-state index in [0.717, 1.165) is 23.2 Å². The summed E-state index contributed by atoms with van der Waals surface area (Å²) in [5.41, 5.74) is 2.14. The van der Waals surface area contributed by atoms with Crippen molar-refractivity contribution in [2.24, 2.45) is 11.8 Å². The van der Waals surface area contributed by atoms with Crippen LogP contribution in [0.4, 0.5) is 0 Å². The van der Waals surface area contributed by atoms with Crippen LogP contribution < -0.4 is 5.46 Å². The summed E-state index contributed by atoms with van der Waals surface area (Å²) in [4.78, 5) is 0. The second kappa shape index (κ2) is 4.85. The zero-order valence-corrected chi connectivity index (χ0v) is 14.3. The Morgan fingerprint density at radius 1 is 0.909 bits per heavy atom. The van der Waals surface area contributed by atoms with E-state index in [1.807, 2.05) is 0 Å². The topological polar surface area (TPSA) is 18.5 Å². The molecule has 0 spiro atoms. The predicted octanol–water partition coefficient (Wildman–Crippen LogP) is 3.89. The summed E-state index contributed by atoms with van der Waals surface area (Å²) in [7, 11) is -0.237. The van der Waals surface area contributed by atoms with E-state index in [-0.39, 0.29) is 18.3 Å². The fraction of sp³-hybridized carbons (Fsp3) is 0.684. The standard InChI is InChI=1S/C19H27BO2/c1-18(2)19(3,4)22-20(21-18)16-9-7-14(8-10-16)17-12-13-5-6-15(17)11-13/h7-10,13,15,17H,5-6,11-12H2,1-4H3. The highest BCUT2D eigenvalue weighted by molar-refractivity contribution is 6.62. The van der Waals surface area contributed by atoms with Crippen LogP contribution in [0, 0.1) is 11.8 Å². The van der Waals surface area contributed by atoms with Crippen molar-refractivity contribution < 1.29 is 9.31 Å². The maximum absolute atomic E-state index is 6.14. The van der Waals surface area contributed by atoms with Gasteiger partial charge in [-0.1, -0.05) is 30.7 Å². The van der Waals surface area contributed by atoms with Crippen LogP contribution in [-0.4, -0.2) is 18.3 Å². The van der Waals surface area contributed by atoms with Gasteiger partial charge in [0.15, 0.2) is 0 Å². The molecule has 2 bridgehead atoms. The van der Waals surface area contributed by atoms with Gasteiger partial charge in [0.05, 0.1) is 11.2 Å². The van der Waals surface area contributed by atoms with Crippen LogP contribution in [0.3, 0.4) is 0 Å². The largest absolute Gasteiger partial charge is 0.494 e. The molecule has 3 unspecified atom stereocenters. The van der Waals surface area contributed by atoms with Crippen LogP contribution in [-0.2, 0) is 9.31 Å². The van der Waals surface area contributed by atoms with E-state index in [4.69, 9.17) is 9.31 Å². The van der Waals surface area contributed by atoms with Gasteiger partial charge in [0.25, 0.3) is 0 Å². The molecule has 4 rings (SSSR count). The van der Waals surface area contributed by atoms with Crippen LogP contribution in [0.5, 0.6) is 0 Å². The van der Waals surface area contributed by atoms with Crippen LogP contribution in [0.1, 0.15) is 64.9 Å². The Kier molecular flexibility index (Phi) is 3.26. The van der Waals surface area contributed by atoms with E-state index in [9.17, 15) is 0 Å². The van der Waals surface area contributed by atoms with E-state index in [1.54, 1.807) is 0 Å². The monoisotopic (exact) mass is 298 g/mol. The molecule has 22 heavy (non-hydrogen) atoms. The van der Waals surface area contributed by atoms with Gasteiger partial charge in [-0.3, -0.25) is 0 Å². The van der Waals surface area contributed by atoms with Crippen LogP contribution in [0.15, 0.2) is 24.3 Å². The van der Waals surface area contributed by atoms with Crippen molar-refractivity contribution in [3.8, 4) is 0 Å². The molecule has 3 atom stereocenters. The molecule has 0 radical (unpaired) electrons. The quantitative estimate of drug-likeness (QED) is 0.771. The van der Waals surface area contributed by atoms with Gasteiger partial charge in [0, 0.05) is 0 Å². The smallest absolute Gasteiger partial charge is 0.399 e. The normalized spacial score (nSPS) is 35.3. The summed E-state index contributed by atoms with van der Waals surface area (Å²) in [6.45, 7) is 8.43. The fourth-order valence-electron chi connectivity index (χ4n) is 4.53. The van der Waals surface area contributed by atoms with E-state index in [2.05, 4.69) is 52.0 Å². The van der Waals surface area contributed by atoms with E-state index < -0.39 is 0 Å². The van der Waals surface area contributed by atoms with Crippen molar-refractivity contribution in [1.29, 1.82) is 0 Å². The fourth-order valence-corrected chi connectivity index (χ4v) is 4.53. The van der Waals surface area contributed by atoms with Gasteiger partial charge < -0.3 is 9.31 Å². The van der Waals surface area contributed by atoms with Crippen molar-refractivity contribution in [1.82, 2.24) is 0 Å². The minimum absolute atomic E-state index is 0.237. The summed E-state index contributed by atoms with van der Waals surface area (Å²) in [6.07, 6.45) is 5.77. The molecule has 3 fully saturated rings. The Labute approximate surface area is 134 Å². The molecule has 2 aliphatic carbocycles. The first-order chi connectivity index (χ1) is 10.4. The van der Waals surface area contributed by atoms with Gasteiger partial charge in [-0.15, -0.1) is 0 Å². The Morgan fingerprint density at radius 3 is 2.05 bits per heavy atom. The van der Waals surface area contributed by atoms with E-state index in [0.29, 0.717) is 0 Å². The van der Waals surface area contributed by atoms with Gasteiger partial charge in [-0.2, -0.15) is 0 Å². The summed E-state index contributed by atoms with van der Waals surface area (Å²) in [6, 6.07) is 9.05. The molecule has 1 saturated heterocycles. The Hall–Kier alpha value is -0.795. The molecule has 3 heteroatoms. The second-order valence-electron chi connectivity index (χ2n) is 8.54. The molecule has 1 aliphatic heterocycles. The maximum Gasteiger partial charge on any atom is 0.494 e. The van der Waals surface area contributed by atoms with Gasteiger partial charge in [0.2, 0.25) is 0 Å². The lowest BCUT2D eigenvalue weighted by Crippen LogP contribution is -2.41. The third-order valence-corrected chi connectivity index (χ3v) is 6.63. The SMILES string of the molecule is CC1(C)OB(c2ccc(C3CC4CCC3C4)cc2)OC1(C)C. The van der Waals surface area contributed by atoms with Crippen molar-refractivity contribution in [2.45, 2.75) is 70.5 Å². The van der Waals surface area contributed by atoms with Crippen molar-refractivity contribution in [3.05, 3.63) is 29.8 Å². The zero-order chi connectivity index (χ0) is 15.5. The summed E-state index contributed by atoms with van der Waals surface area (Å²) >= 11 is 0. The molecule has 0 amide bonds. The van der Waals surface area contributed by atoms with Crippen molar-refractivity contribution in [2.75, 3.05) is 0 Å². The molecule has 1 aromatic carbocycles. The summed E-state index contributed by atoms with van der Waals surface area (Å²) in [5, 5.41) is 0. The first-order valence-corrected chi connectivity index (χ1v) is 8.81. The van der Waals surface area contributed by atoms with Crippen LogP contribution >= 0.6 is 0 Å². The average molecular weight is 298 g/mol. The van der Waals surface area contributed by atoms with Crippen LogP contribution in [0.2, 0.25) is 0 Å². The average Bonchev–Trinajstić information content (AvgIpc) is 3.13. The number of hydrogen-bond acceptors (Lipinski definition) is 2. The minimum atomic E-state index is -0.263. The molecule has 2 nitrogen and oxygen atoms in total. The molecule has 1 aromatic rings. The third kappa shape index (κ3) is 2.25. The van der Waals surface area contributed by atoms with Gasteiger partial charge in [-0.25, -0.2) is 0 Å².